The average molecular weight is 261 g/mol. The largest absolute Gasteiger partial charge is 0.493 e. The predicted molar refractivity (Wildman–Crippen MR) is 73.7 cm³/mol. The van der Waals surface area contributed by atoms with Crippen LogP contribution in [0.3, 0.4) is 0 Å². The first-order valence-electron chi connectivity index (χ1n) is 6.47. The molecule has 0 spiro atoms. The van der Waals surface area contributed by atoms with Crippen molar-refractivity contribution in [3.05, 3.63) is 35.4 Å². The van der Waals surface area contributed by atoms with Gasteiger partial charge in [0.1, 0.15) is 5.75 Å². The lowest BCUT2D eigenvalue weighted by Crippen LogP contribution is -2.22. The van der Waals surface area contributed by atoms with Crippen molar-refractivity contribution in [1.82, 2.24) is 5.06 Å². The Morgan fingerprint density at radius 1 is 1.42 bits per heavy atom. The second-order valence-corrected chi connectivity index (χ2v) is 4.48. The second kappa shape index (κ2) is 6.38. The van der Waals surface area contributed by atoms with E-state index >= 15 is 0 Å². The molecule has 0 N–H and O–H groups in total. The highest BCUT2D eigenvalue weighted by atomic mass is 16.7. The first kappa shape index (κ1) is 13.6. The number of carbonyl (C=O) groups is 1. The first-order valence-corrected chi connectivity index (χ1v) is 6.47. The Balaban J connectivity index is 2.21. The fourth-order valence-corrected chi connectivity index (χ4v) is 2.08. The predicted octanol–water partition coefficient (Wildman–Crippen LogP) is 2.43. The lowest BCUT2D eigenvalue weighted by molar-refractivity contribution is -0.162. The number of nitrogens with zero attached hydrogens (tertiary/aromatic N) is 1. The van der Waals surface area contributed by atoms with Gasteiger partial charge in [-0.25, -0.2) is 5.06 Å². The standard InChI is InChI=1S/C15H19NO3/c1-16(18-2)15(17)10-9-12-6-5-8-14-13(12)7-3-4-11-19-14/h5-6,8-10H,3-4,7,11H2,1-2H3/b10-9+. The molecule has 0 aromatic heterocycles. The van der Waals surface area contributed by atoms with E-state index in [2.05, 4.69) is 0 Å². The summed E-state index contributed by atoms with van der Waals surface area (Å²) in [4.78, 5) is 16.5. The van der Waals surface area contributed by atoms with Crippen LogP contribution in [0.25, 0.3) is 6.08 Å². The highest BCUT2D eigenvalue weighted by molar-refractivity contribution is 5.91. The van der Waals surface area contributed by atoms with E-state index in [1.165, 1.54) is 23.8 Å². The summed E-state index contributed by atoms with van der Waals surface area (Å²) in [5, 5.41) is 1.19. The van der Waals surface area contributed by atoms with Gasteiger partial charge in [-0.05, 0) is 37.0 Å². The molecule has 1 amide bonds. The zero-order valence-corrected chi connectivity index (χ0v) is 11.4. The number of amides is 1. The van der Waals surface area contributed by atoms with Gasteiger partial charge in [-0.15, -0.1) is 0 Å². The number of likely N-dealkylation sites (N-methyl/N-ethyl adjacent to an activating group) is 1. The van der Waals surface area contributed by atoms with Gasteiger partial charge < -0.3 is 4.74 Å². The van der Waals surface area contributed by atoms with Crippen LogP contribution in [0.1, 0.15) is 24.0 Å². The molecule has 0 radical (unpaired) electrons. The molecule has 0 saturated carbocycles. The highest BCUT2D eigenvalue weighted by Gasteiger charge is 2.11. The minimum atomic E-state index is -0.186. The number of hydrogen-bond donors (Lipinski definition) is 0. The van der Waals surface area contributed by atoms with Crippen LogP contribution in [0.2, 0.25) is 0 Å². The summed E-state index contributed by atoms with van der Waals surface area (Å²) >= 11 is 0. The molecule has 0 bridgehead atoms. The molecule has 1 aliphatic rings. The topological polar surface area (TPSA) is 38.8 Å². The molecule has 0 fully saturated rings. The van der Waals surface area contributed by atoms with E-state index in [-0.39, 0.29) is 5.91 Å². The Hall–Kier alpha value is -1.81. The van der Waals surface area contributed by atoms with E-state index in [1.807, 2.05) is 24.3 Å². The third-order valence-electron chi connectivity index (χ3n) is 3.24. The van der Waals surface area contributed by atoms with Crippen molar-refractivity contribution in [3.8, 4) is 5.75 Å². The monoisotopic (exact) mass is 261 g/mol. The van der Waals surface area contributed by atoms with Gasteiger partial charge in [0, 0.05) is 18.7 Å². The van der Waals surface area contributed by atoms with Crippen LogP contribution in [0.4, 0.5) is 0 Å². The minimum absolute atomic E-state index is 0.186. The maximum Gasteiger partial charge on any atom is 0.269 e. The Morgan fingerprint density at radius 2 is 2.26 bits per heavy atom. The average Bonchev–Trinajstić information content (AvgIpc) is 2.69. The van der Waals surface area contributed by atoms with Crippen molar-refractivity contribution >= 4 is 12.0 Å². The number of rotatable bonds is 3. The molecular formula is C15H19NO3. The fraction of sp³-hybridized carbons (Fsp3) is 0.400. The van der Waals surface area contributed by atoms with Crippen molar-refractivity contribution in [1.29, 1.82) is 0 Å². The molecule has 1 aliphatic heterocycles. The quantitative estimate of drug-likeness (QED) is 0.619. The molecule has 0 aliphatic carbocycles. The summed E-state index contributed by atoms with van der Waals surface area (Å²) < 4.78 is 5.71. The number of hydroxylamine groups is 2. The molecule has 4 heteroatoms. The molecule has 2 rings (SSSR count). The van der Waals surface area contributed by atoms with Gasteiger partial charge in [-0.3, -0.25) is 9.63 Å². The van der Waals surface area contributed by atoms with Crippen LogP contribution >= 0.6 is 0 Å². The van der Waals surface area contributed by atoms with Gasteiger partial charge in [0.2, 0.25) is 0 Å². The Bertz CT molecular complexity index is 482. The lowest BCUT2D eigenvalue weighted by atomic mass is 10.0. The van der Waals surface area contributed by atoms with Gasteiger partial charge in [0.15, 0.2) is 0 Å². The minimum Gasteiger partial charge on any atom is -0.493 e. The van der Waals surface area contributed by atoms with Crippen LogP contribution in [-0.4, -0.2) is 31.7 Å². The van der Waals surface area contributed by atoms with Crippen molar-refractivity contribution in [3.63, 3.8) is 0 Å². The summed E-state index contributed by atoms with van der Waals surface area (Å²) in [6, 6.07) is 5.94. The van der Waals surface area contributed by atoms with Crippen molar-refractivity contribution in [2.75, 3.05) is 20.8 Å². The first-order chi connectivity index (χ1) is 9.22. The lowest BCUT2D eigenvalue weighted by Gasteiger charge is -2.11. The number of carbonyl (C=O) groups excluding carboxylic acids is 1. The van der Waals surface area contributed by atoms with E-state index < -0.39 is 0 Å². The Labute approximate surface area is 113 Å². The fourth-order valence-electron chi connectivity index (χ4n) is 2.08. The zero-order chi connectivity index (χ0) is 13.7. The molecular weight excluding hydrogens is 242 g/mol. The Kier molecular flexibility index (Phi) is 4.58. The van der Waals surface area contributed by atoms with E-state index in [0.29, 0.717) is 0 Å². The molecule has 0 unspecified atom stereocenters. The van der Waals surface area contributed by atoms with Gasteiger partial charge in [-0.1, -0.05) is 12.1 Å². The van der Waals surface area contributed by atoms with Gasteiger partial charge in [0.05, 0.1) is 13.7 Å². The molecule has 0 saturated heterocycles. The molecule has 102 valence electrons. The number of ether oxygens (including phenoxy) is 1. The molecule has 1 heterocycles. The van der Waals surface area contributed by atoms with Crippen LogP contribution in [0, 0.1) is 0 Å². The summed E-state index contributed by atoms with van der Waals surface area (Å²) in [5.74, 6) is 0.752. The zero-order valence-electron chi connectivity index (χ0n) is 11.4. The highest BCUT2D eigenvalue weighted by Crippen LogP contribution is 2.28. The van der Waals surface area contributed by atoms with Crippen molar-refractivity contribution in [2.45, 2.75) is 19.3 Å². The summed E-state index contributed by atoms with van der Waals surface area (Å²) in [7, 11) is 3.05. The number of benzene rings is 1. The Morgan fingerprint density at radius 3 is 3.05 bits per heavy atom. The third kappa shape index (κ3) is 3.35. The van der Waals surface area contributed by atoms with E-state index in [4.69, 9.17) is 9.57 Å². The second-order valence-electron chi connectivity index (χ2n) is 4.48. The van der Waals surface area contributed by atoms with Gasteiger partial charge >= 0.3 is 0 Å². The third-order valence-corrected chi connectivity index (χ3v) is 3.24. The summed E-state index contributed by atoms with van der Waals surface area (Å²) in [6.07, 6.45) is 6.52. The van der Waals surface area contributed by atoms with Crippen molar-refractivity contribution in [2.24, 2.45) is 0 Å². The van der Waals surface area contributed by atoms with E-state index in [9.17, 15) is 4.79 Å². The molecule has 0 atom stereocenters. The van der Waals surface area contributed by atoms with Crippen LogP contribution in [0.5, 0.6) is 5.75 Å². The number of hydrogen-bond acceptors (Lipinski definition) is 3. The van der Waals surface area contributed by atoms with Crippen LogP contribution in [-0.2, 0) is 16.1 Å². The van der Waals surface area contributed by atoms with Crippen LogP contribution < -0.4 is 4.74 Å². The molecule has 4 nitrogen and oxygen atoms in total. The molecule has 1 aromatic carbocycles. The van der Waals surface area contributed by atoms with E-state index in [0.717, 1.165) is 37.2 Å². The maximum absolute atomic E-state index is 11.7. The SMILES string of the molecule is CON(C)C(=O)/C=C/c1cccc2c1CCCCO2. The van der Waals surface area contributed by atoms with E-state index in [1.54, 1.807) is 7.05 Å². The molecule has 1 aromatic rings. The number of fused-ring (bicyclic) bond motifs is 1. The molecule has 19 heavy (non-hydrogen) atoms. The summed E-state index contributed by atoms with van der Waals surface area (Å²) in [6.45, 7) is 0.769. The smallest absolute Gasteiger partial charge is 0.269 e. The normalized spacial score (nSPS) is 14.6. The van der Waals surface area contributed by atoms with Crippen LogP contribution in [0.15, 0.2) is 24.3 Å². The van der Waals surface area contributed by atoms with Gasteiger partial charge in [0.25, 0.3) is 5.91 Å². The van der Waals surface area contributed by atoms with Gasteiger partial charge in [-0.2, -0.15) is 0 Å². The van der Waals surface area contributed by atoms with Crippen molar-refractivity contribution < 1.29 is 14.4 Å². The maximum atomic E-state index is 11.7. The summed E-state index contributed by atoms with van der Waals surface area (Å²) in [5.41, 5.74) is 2.22.